The molecule has 2 aliphatic rings. The molecule has 2 saturated heterocycles. The van der Waals surface area contributed by atoms with Crippen molar-refractivity contribution in [3.8, 4) is 0 Å². The molecule has 3 rings (SSSR count). The van der Waals surface area contributed by atoms with Gasteiger partial charge in [0, 0.05) is 5.56 Å². The fourth-order valence-electron chi connectivity index (χ4n) is 2.92. The quantitative estimate of drug-likeness (QED) is 0.875. The molecule has 0 saturated carbocycles. The molecule has 1 aromatic carbocycles. The van der Waals surface area contributed by atoms with Crippen molar-refractivity contribution in [1.82, 2.24) is 4.72 Å². The third-order valence-corrected chi connectivity index (χ3v) is 5.86. The number of sulfonamides is 1. The first-order valence-corrected chi connectivity index (χ1v) is 8.53. The van der Waals surface area contributed by atoms with Gasteiger partial charge in [-0.15, -0.1) is 0 Å². The highest BCUT2D eigenvalue weighted by Gasteiger charge is 2.42. The standard InChI is InChI=1S/C13H15ClFNO4S/c14-13-7(6-17)3-9(5-10(13)15)21(18,19)16-11-4-8-1-2-12(11)20-8/h3,5,8,11-12,16-17H,1-2,4,6H2. The Bertz CT molecular complexity index is 666. The molecule has 2 heterocycles. The highest BCUT2D eigenvalue weighted by Crippen LogP contribution is 2.35. The van der Waals surface area contributed by atoms with Crippen molar-refractivity contribution in [2.75, 3.05) is 0 Å². The van der Waals surface area contributed by atoms with Crippen molar-refractivity contribution in [1.29, 1.82) is 0 Å². The summed E-state index contributed by atoms with van der Waals surface area (Å²) in [6, 6.07) is 1.75. The van der Waals surface area contributed by atoms with Crippen molar-refractivity contribution in [2.24, 2.45) is 0 Å². The number of hydrogen-bond acceptors (Lipinski definition) is 4. The Balaban J connectivity index is 1.86. The minimum Gasteiger partial charge on any atom is -0.392 e. The van der Waals surface area contributed by atoms with E-state index >= 15 is 0 Å². The highest BCUT2D eigenvalue weighted by atomic mass is 35.5. The number of nitrogens with one attached hydrogen (secondary N) is 1. The second-order valence-corrected chi connectivity index (χ2v) is 7.47. The fraction of sp³-hybridized carbons (Fsp3) is 0.538. The van der Waals surface area contributed by atoms with E-state index in [1.807, 2.05) is 0 Å². The van der Waals surface area contributed by atoms with Crippen LogP contribution in [0.3, 0.4) is 0 Å². The lowest BCUT2D eigenvalue weighted by Crippen LogP contribution is -2.41. The molecule has 0 radical (unpaired) electrons. The number of ether oxygens (including phenoxy) is 1. The Morgan fingerprint density at radius 2 is 2.19 bits per heavy atom. The average molecular weight is 336 g/mol. The first-order valence-electron chi connectivity index (χ1n) is 6.67. The van der Waals surface area contributed by atoms with Crippen LogP contribution in [0.15, 0.2) is 17.0 Å². The van der Waals surface area contributed by atoms with Crippen LogP contribution in [0.4, 0.5) is 4.39 Å². The number of aliphatic hydroxyl groups is 1. The fourth-order valence-corrected chi connectivity index (χ4v) is 4.43. The Kier molecular flexibility index (Phi) is 3.96. The zero-order valence-corrected chi connectivity index (χ0v) is 12.6. The normalized spacial score (nSPS) is 28.2. The van der Waals surface area contributed by atoms with Gasteiger partial charge in [0.1, 0.15) is 5.82 Å². The molecule has 0 amide bonds. The Labute approximate surface area is 127 Å². The maximum atomic E-state index is 13.7. The Morgan fingerprint density at radius 3 is 2.76 bits per heavy atom. The molecule has 8 heteroatoms. The third-order valence-electron chi connectivity index (χ3n) is 3.97. The van der Waals surface area contributed by atoms with Gasteiger partial charge in [-0.05, 0) is 31.4 Å². The molecule has 2 N–H and O–H groups in total. The maximum Gasteiger partial charge on any atom is 0.241 e. The van der Waals surface area contributed by atoms with Gasteiger partial charge >= 0.3 is 0 Å². The minimum absolute atomic E-state index is 0.0428. The summed E-state index contributed by atoms with van der Waals surface area (Å²) in [7, 11) is -3.88. The van der Waals surface area contributed by atoms with E-state index in [4.69, 9.17) is 21.4 Å². The number of halogens is 2. The van der Waals surface area contributed by atoms with E-state index in [9.17, 15) is 12.8 Å². The van der Waals surface area contributed by atoms with Crippen LogP contribution in [-0.4, -0.2) is 31.8 Å². The van der Waals surface area contributed by atoms with Gasteiger partial charge in [-0.25, -0.2) is 17.5 Å². The van der Waals surface area contributed by atoms with E-state index in [1.54, 1.807) is 0 Å². The van der Waals surface area contributed by atoms with Crippen LogP contribution in [0, 0.1) is 5.82 Å². The number of benzene rings is 1. The molecular weight excluding hydrogens is 321 g/mol. The predicted molar refractivity (Wildman–Crippen MR) is 74.0 cm³/mol. The van der Waals surface area contributed by atoms with Crippen LogP contribution in [0.5, 0.6) is 0 Å². The third kappa shape index (κ3) is 2.80. The zero-order valence-electron chi connectivity index (χ0n) is 11.1. The average Bonchev–Trinajstić information content (AvgIpc) is 3.03. The topological polar surface area (TPSA) is 75.6 Å². The van der Waals surface area contributed by atoms with Crippen LogP contribution >= 0.6 is 11.6 Å². The Morgan fingerprint density at radius 1 is 1.43 bits per heavy atom. The summed E-state index contributed by atoms with van der Waals surface area (Å²) >= 11 is 5.67. The van der Waals surface area contributed by atoms with Gasteiger partial charge in [0.25, 0.3) is 0 Å². The molecule has 21 heavy (non-hydrogen) atoms. The van der Waals surface area contributed by atoms with Crippen molar-refractivity contribution in [3.63, 3.8) is 0 Å². The predicted octanol–water partition coefficient (Wildman–Crippen LogP) is 1.57. The lowest BCUT2D eigenvalue weighted by atomic mass is 9.96. The van der Waals surface area contributed by atoms with E-state index < -0.39 is 22.4 Å². The van der Waals surface area contributed by atoms with E-state index in [-0.39, 0.29) is 33.7 Å². The second-order valence-electron chi connectivity index (χ2n) is 5.37. The van der Waals surface area contributed by atoms with Crippen molar-refractivity contribution in [2.45, 2.75) is 49.0 Å². The summed E-state index contributed by atoms with van der Waals surface area (Å²) in [5.74, 6) is -0.868. The van der Waals surface area contributed by atoms with Crippen LogP contribution in [0.2, 0.25) is 5.02 Å². The van der Waals surface area contributed by atoms with Gasteiger partial charge in [0.2, 0.25) is 10.0 Å². The largest absolute Gasteiger partial charge is 0.392 e. The first kappa shape index (κ1) is 15.2. The van der Waals surface area contributed by atoms with Gasteiger partial charge in [0.05, 0.1) is 34.8 Å². The van der Waals surface area contributed by atoms with Gasteiger partial charge in [-0.1, -0.05) is 11.6 Å². The number of rotatable bonds is 4. The second kappa shape index (κ2) is 5.48. The SMILES string of the molecule is O=S(=O)(NC1CC2CCC1O2)c1cc(F)c(Cl)c(CO)c1. The molecule has 2 fully saturated rings. The van der Waals surface area contributed by atoms with Gasteiger partial charge in [-0.2, -0.15) is 0 Å². The molecule has 1 aromatic rings. The number of aliphatic hydroxyl groups excluding tert-OH is 1. The summed E-state index contributed by atoms with van der Waals surface area (Å²) in [4.78, 5) is -0.240. The monoisotopic (exact) mass is 335 g/mol. The summed E-state index contributed by atoms with van der Waals surface area (Å²) in [5.41, 5.74) is 0.0428. The smallest absolute Gasteiger partial charge is 0.241 e. The molecule has 0 aromatic heterocycles. The van der Waals surface area contributed by atoms with Gasteiger partial charge < -0.3 is 9.84 Å². The maximum absolute atomic E-state index is 13.7. The van der Waals surface area contributed by atoms with Crippen LogP contribution in [0.1, 0.15) is 24.8 Å². The molecule has 0 aliphatic carbocycles. The zero-order chi connectivity index (χ0) is 15.2. The molecule has 5 nitrogen and oxygen atoms in total. The summed E-state index contributed by atoms with van der Waals surface area (Å²) in [6.45, 7) is -0.531. The number of fused-ring (bicyclic) bond motifs is 2. The molecule has 3 atom stereocenters. The van der Waals surface area contributed by atoms with E-state index in [0.29, 0.717) is 6.42 Å². The minimum atomic E-state index is -3.88. The highest BCUT2D eigenvalue weighted by molar-refractivity contribution is 7.89. The van der Waals surface area contributed by atoms with Gasteiger partial charge in [0.15, 0.2) is 0 Å². The molecular formula is C13H15ClFNO4S. The summed E-state index contributed by atoms with van der Waals surface area (Å²) in [6.07, 6.45) is 2.41. The summed E-state index contributed by atoms with van der Waals surface area (Å²) < 4.78 is 46.5. The van der Waals surface area contributed by atoms with E-state index in [2.05, 4.69) is 4.72 Å². The molecule has 2 bridgehead atoms. The molecule has 2 aliphatic heterocycles. The first-order chi connectivity index (χ1) is 9.90. The Hall–Kier alpha value is -0.730. The van der Waals surface area contributed by atoms with Crippen LogP contribution in [-0.2, 0) is 21.4 Å². The van der Waals surface area contributed by atoms with Crippen LogP contribution < -0.4 is 4.72 Å². The molecule has 116 valence electrons. The molecule has 0 spiro atoms. The van der Waals surface area contributed by atoms with Crippen molar-refractivity contribution < 1.29 is 22.7 Å². The van der Waals surface area contributed by atoms with E-state index in [0.717, 1.165) is 18.9 Å². The van der Waals surface area contributed by atoms with Crippen molar-refractivity contribution in [3.05, 3.63) is 28.5 Å². The number of hydrogen-bond donors (Lipinski definition) is 2. The van der Waals surface area contributed by atoms with Crippen LogP contribution in [0.25, 0.3) is 0 Å². The lowest BCUT2D eigenvalue weighted by molar-refractivity contribution is 0.0996. The summed E-state index contributed by atoms with van der Waals surface area (Å²) in [5, 5.41) is 8.85. The molecule has 3 unspecified atom stereocenters. The van der Waals surface area contributed by atoms with Crippen molar-refractivity contribution >= 4 is 21.6 Å². The lowest BCUT2D eigenvalue weighted by Gasteiger charge is -2.20. The van der Waals surface area contributed by atoms with E-state index in [1.165, 1.54) is 6.07 Å². The van der Waals surface area contributed by atoms with Gasteiger partial charge in [-0.3, -0.25) is 0 Å².